The van der Waals surface area contributed by atoms with Crippen LogP contribution in [-0.4, -0.2) is 38.6 Å². The van der Waals surface area contributed by atoms with Gasteiger partial charge in [0.1, 0.15) is 0 Å². The molecular formula is C15H19N5O2S. The number of aromatic nitrogens is 3. The second-order valence-electron chi connectivity index (χ2n) is 5.73. The van der Waals surface area contributed by atoms with Gasteiger partial charge in [0, 0.05) is 43.0 Å². The van der Waals surface area contributed by atoms with E-state index in [4.69, 9.17) is 0 Å². The second-order valence-corrected chi connectivity index (χ2v) is 6.63. The highest BCUT2D eigenvalue weighted by Gasteiger charge is 2.23. The van der Waals surface area contributed by atoms with E-state index in [1.165, 1.54) is 11.3 Å². The summed E-state index contributed by atoms with van der Waals surface area (Å²) in [7, 11) is 0. The first-order valence-electron chi connectivity index (χ1n) is 7.60. The normalized spacial score (nSPS) is 15.6. The van der Waals surface area contributed by atoms with Crippen molar-refractivity contribution in [1.82, 2.24) is 19.4 Å². The topological polar surface area (TPSA) is 80.1 Å². The minimum Gasteiger partial charge on any atom is -0.324 e. The molecule has 0 aliphatic carbocycles. The standard InChI is InChI=1S/C15H19N5O2S/c1-11-8-16-10-20(13(11)21)9-12-2-5-19(6-3-12)15(22)18-14-17-4-7-23-14/h4,7-8,10,12H,2-3,5-6,9H2,1H3,(H,17,18,22). The van der Waals surface area contributed by atoms with E-state index in [9.17, 15) is 9.59 Å². The minimum atomic E-state index is -0.104. The maximum atomic E-state index is 12.1. The third kappa shape index (κ3) is 3.76. The first-order chi connectivity index (χ1) is 11.1. The quantitative estimate of drug-likeness (QED) is 0.931. The Morgan fingerprint density at radius 2 is 2.22 bits per heavy atom. The lowest BCUT2D eigenvalue weighted by atomic mass is 9.97. The van der Waals surface area contributed by atoms with Crippen LogP contribution in [0.5, 0.6) is 0 Å². The number of hydrogen-bond donors (Lipinski definition) is 1. The van der Waals surface area contributed by atoms with Crippen molar-refractivity contribution in [2.75, 3.05) is 18.4 Å². The molecule has 0 atom stereocenters. The molecule has 23 heavy (non-hydrogen) atoms. The summed E-state index contributed by atoms with van der Waals surface area (Å²) in [6.07, 6.45) is 6.61. The lowest BCUT2D eigenvalue weighted by molar-refractivity contribution is 0.176. The van der Waals surface area contributed by atoms with E-state index in [0.29, 0.717) is 36.2 Å². The molecule has 3 rings (SSSR count). The molecule has 0 unspecified atom stereocenters. The summed E-state index contributed by atoms with van der Waals surface area (Å²) in [5, 5.41) is 5.25. The molecule has 1 saturated heterocycles. The molecule has 0 saturated carbocycles. The number of aryl methyl sites for hydroxylation is 1. The van der Waals surface area contributed by atoms with Gasteiger partial charge in [-0.25, -0.2) is 14.8 Å². The zero-order chi connectivity index (χ0) is 16.2. The van der Waals surface area contributed by atoms with E-state index in [1.54, 1.807) is 35.1 Å². The van der Waals surface area contributed by atoms with Crippen LogP contribution >= 0.6 is 11.3 Å². The maximum absolute atomic E-state index is 12.1. The fourth-order valence-corrected chi connectivity index (χ4v) is 3.26. The molecule has 122 valence electrons. The van der Waals surface area contributed by atoms with Crippen LogP contribution in [0.25, 0.3) is 0 Å². The second kappa shape index (κ2) is 6.91. The SMILES string of the molecule is Cc1cncn(CC2CCN(C(=O)Nc3nccs3)CC2)c1=O. The summed E-state index contributed by atoms with van der Waals surface area (Å²) in [4.78, 5) is 34.1. The highest BCUT2D eigenvalue weighted by Crippen LogP contribution is 2.20. The summed E-state index contributed by atoms with van der Waals surface area (Å²) < 4.78 is 1.67. The fraction of sp³-hybridized carbons (Fsp3) is 0.467. The third-order valence-electron chi connectivity index (χ3n) is 4.08. The van der Waals surface area contributed by atoms with Gasteiger partial charge in [0.05, 0.1) is 6.33 Å². The maximum Gasteiger partial charge on any atom is 0.323 e. The Morgan fingerprint density at radius 1 is 1.43 bits per heavy atom. The fourth-order valence-electron chi connectivity index (χ4n) is 2.74. The molecule has 0 spiro atoms. The Kier molecular flexibility index (Phi) is 4.71. The summed E-state index contributed by atoms with van der Waals surface area (Å²) >= 11 is 1.41. The molecule has 3 heterocycles. The van der Waals surface area contributed by atoms with Crippen LogP contribution in [-0.2, 0) is 6.54 Å². The molecule has 1 aliphatic heterocycles. The van der Waals surface area contributed by atoms with Crippen molar-refractivity contribution < 1.29 is 4.79 Å². The number of likely N-dealkylation sites (tertiary alicyclic amines) is 1. The largest absolute Gasteiger partial charge is 0.324 e. The Hall–Kier alpha value is -2.22. The molecule has 2 aromatic heterocycles. The summed E-state index contributed by atoms with van der Waals surface area (Å²) in [6.45, 7) is 3.82. The highest BCUT2D eigenvalue weighted by atomic mass is 32.1. The first-order valence-corrected chi connectivity index (χ1v) is 8.48. The number of amides is 2. The van der Waals surface area contributed by atoms with Crippen LogP contribution in [0.4, 0.5) is 9.93 Å². The number of rotatable bonds is 3. The van der Waals surface area contributed by atoms with Gasteiger partial charge in [0.15, 0.2) is 5.13 Å². The third-order valence-corrected chi connectivity index (χ3v) is 4.76. The van der Waals surface area contributed by atoms with Gasteiger partial charge in [-0.3, -0.25) is 14.7 Å². The van der Waals surface area contributed by atoms with Gasteiger partial charge in [-0.15, -0.1) is 11.3 Å². The van der Waals surface area contributed by atoms with E-state index < -0.39 is 0 Å². The van der Waals surface area contributed by atoms with Gasteiger partial charge in [-0.1, -0.05) is 0 Å². The number of carbonyl (C=O) groups excluding carboxylic acids is 1. The van der Waals surface area contributed by atoms with E-state index in [-0.39, 0.29) is 11.6 Å². The van der Waals surface area contributed by atoms with Crippen molar-refractivity contribution in [2.24, 2.45) is 5.92 Å². The molecule has 1 fully saturated rings. The molecule has 7 nitrogen and oxygen atoms in total. The predicted octanol–water partition coefficient (Wildman–Crippen LogP) is 1.95. The molecule has 0 bridgehead atoms. The molecule has 1 aliphatic rings. The number of nitrogens with zero attached hydrogens (tertiary/aromatic N) is 4. The molecule has 0 aromatic carbocycles. The number of thiazole rings is 1. The van der Waals surface area contributed by atoms with Gasteiger partial charge in [-0.05, 0) is 25.7 Å². The Bertz CT molecular complexity index is 720. The van der Waals surface area contributed by atoms with E-state index >= 15 is 0 Å². The zero-order valence-electron chi connectivity index (χ0n) is 12.9. The van der Waals surface area contributed by atoms with E-state index in [1.807, 2.05) is 5.38 Å². The van der Waals surface area contributed by atoms with Crippen molar-refractivity contribution in [1.29, 1.82) is 0 Å². The van der Waals surface area contributed by atoms with Gasteiger partial charge in [-0.2, -0.15) is 0 Å². The van der Waals surface area contributed by atoms with E-state index in [0.717, 1.165) is 12.8 Å². The molecular weight excluding hydrogens is 314 g/mol. The molecule has 8 heteroatoms. The zero-order valence-corrected chi connectivity index (χ0v) is 13.8. The van der Waals surface area contributed by atoms with Gasteiger partial charge < -0.3 is 4.90 Å². The van der Waals surface area contributed by atoms with Gasteiger partial charge in [0.2, 0.25) is 0 Å². The van der Waals surface area contributed by atoms with Crippen LogP contribution in [0, 0.1) is 12.8 Å². The van der Waals surface area contributed by atoms with Crippen LogP contribution in [0.1, 0.15) is 18.4 Å². The van der Waals surface area contributed by atoms with Crippen LogP contribution < -0.4 is 10.9 Å². The molecule has 0 radical (unpaired) electrons. The van der Waals surface area contributed by atoms with Crippen molar-refractivity contribution >= 4 is 22.5 Å². The lowest BCUT2D eigenvalue weighted by Crippen LogP contribution is -2.42. The summed E-state index contributed by atoms with van der Waals surface area (Å²) in [5.74, 6) is 0.389. The van der Waals surface area contributed by atoms with Crippen LogP contribution in [0.15, 0.2) is 28.9 Å². The molecule has 2 aromatic rings. The van der Waals surface area contributed by atoms with Gasteiger partial charge in [0.25, 0.3) is 5.56 Å². The minimum absolute atomic E-state index is 0.0175. The number of nitrogens with one attached hydrogen (secondary N) is 1. The van der Waals surface area contributed by atoms with Crippen molar-refractivity contribution in [2.45, 2.75) is 26.3 Å². The van der Waals surface area contributed by atoms with Crippen LogP contribution in [0.3, 0.4) is 0 Å². The van der Waals surface area contributed by atoms with Crippen molar-refractivity contribution in [3.8, 4) is 0 Å². The Morgan fingerprint density at radius 3 is 2.91 bits per heavy atom. The number of hydrogen-bond acceptors (Lipinski definition) is 5. The average Bonchev–Trinajstić information content (AvgIpc) is 3.05. The smallest absolute Gasteiger partial charge is 0.323 e. The monoisotopic (exact) mass is 333 g/mol. The first kappa shape index (κ1) is 15.7. The van der Waals surface area contributed by atoms with Crippen molar-refractivity contribution in [3.05, 3.63) is 40.0 Å². The Balaban J connectivity index is 1.53. The van der Waals surface area contributed by atoms with Crippen molar-refractivity contribution in [3.63, 3.8) is 0 Å². The van der Waals surface area contributed by atoms with E-state index in [2.05, 4.69) is 15.3 Å². The van der Waals surface area contributed by atoms with Crippen LogP contribution in [0.2, 0.25) is 0 Å². The average molecular weight is 333 g/mol. The van der Waals surface area contributed by atoms with Gasteiger partial charge >= 0.3 is 6.03 Å². The number of piperidine rings is 1. The molecule has 2 amide bonds. The summed E-state index contributed by atoms with van der Waals surface area (Å²) in [5.41, 5.74) is 0.678. The predicted molar refractivity (Wildman–Crippen MR) is 88.7 cm³/mol. The number of carbonyl (C=O) groups is 1. The highest BCUT2D eigenvalue weighted by molar-refractivity contribution is 7.13. The number of anilines is 1. The Labute approximate surface area is 138 Å². The summed E-state index contributed by atoms with van der Waals surface area (Å²) in [6, 6.07) is -0.104. The number of urea groups is 1. The lowest BCUT2D eigenvalue weighted by Gasteiger charge is -2.31. The molecule has 1 N–H and O–H groups in total.